The monoisotopic (exact) mass is 270 g/mol. The Balaban J connectivity index is 2.08. The molecule has 1 atom stereocenters. The smallest absolute Gasteiger partial charge is 0.341 e. The Kier molecular flexibility index (Phi) is 4.71. The largest absolute Gasteiger partial charge is 0.465 e. The molecule has 0 saturated heterocycles. The molecule has 4 heteroatoms. The molecule has 20 heavy (non-hydrogen) atoms. The molecule has 0 aliphatic rings. The van der Waals surface area contributed by atoms with Crippen molar-refractivity contribution in [2.75, 3.05) is 12.4 Å². The third-order valence-electron chi connectivity index (χ3n) is 2.98. The van der Waals surface area contributed by atoms with Gasteiger partial charge in [0.25, 0.3) is 0 Å². The molecule has 0 saturated carbocycles. The average Bonchev–Trinajstić information content (AvgIpc) is 2.48. The SMILES string of the molecule is COC(=O)c1cccnc1NC(C)Cc1ccccc1. The normalized spacial score (nSPS) is 11.7. The zero-order valence-electron chi connectivity index (χ0n) is 11.7. The van der Waals surface area contributed by atoms with Gasteiger partial charge in [0, 0.05) is 12.2 Å². The van der Waals surface area contributed by atoms with Gasteiger partial charge in [-0.1, -0.05) is 30.3 Å². The minimum atomic E-state index is -0.382. The van der Waals surface area contributed by atoms with Crippen molar-refractivity contribution in [3.8, 4) is 0 Å². The third kappa shape index (κ3) is 3.57. The molecule has 0 aliphatic heterocycles. The predicted octanol–water partition coefficient (Wildman–Crippen LogP) is 2.91. The number of esters is 1. The fraction of sp³-hybridized carbons (Fsp3) is 0.250. The van der Waals surface area contributed by atoms with Crippen LogP contribution in [-0.2, 0) is 11.2 Å². The lowest BCUT2D eigenvalue weighted by Crippen LogP contribution is -2.21. The Bertz CT molecular complexity index is 570. The summed E-state index contributed by atoms with van der Waals surface area (Å²) in [6.45, 7) is 2.06. The highest BCUT2D eigenvalue weighted by molar-refractivity contribution is 5.94. The third-order valence-corrected chi connectivity index (χ3v) is 2.98. The van der Waals surface area contributed by atoms with Gasteiger partial charge in [-0.25, -0.2) is 9.78 Å². The quantitative estimate of drug-likeness (QED) is 0.849. The summed E-state index contributed by atoms with van der Waals surface area (Å²) in [5.41, 5.74) is 1.69. The van der Waals surface area contributed by atoms with E-state index in [1.165, 1.54) is 12.7 Å². The van der Waals surface area contributed by atoms with E-state index in [9.17, 15) is 4.79 Å². The standard InChI is InChI=1S/C16H18N2O2/c1-12(11-13-7-4-3-5-8-13)18-15-14(16(19)20-2)9-6-10-17-15/h3-10,12H,11H2,1-2H3,(H,17,18). The summed E-state index contributed by atoms with van der Waals surface area (Å²) in [7, 11) is 1.37. The molecule has 0 spiro atoms. The van der Waals surface area contributed by atoms with Gasteiger partial charge < -0.3 is 10.1 Å². The summed E-state index contributed by atoms with van der Waals surface area (Å²) in [5.74, 6) is 0.176. The number of rotatable bonds is 5. The van der Waals surface area contributed by atoms with Gasteiger partial charge in [0.15, 0.2) is 0 Å². The van der Waals surface area contributed by atoms with Crippen LogP contribution in [0.15, 0.2) is 48.7 Å². The molecule has 0 bridgehead atoms. The van der Waals surface area contributed by atoms with Crippen molar-refractivity contribution in [1.29, 1.82) is 0 Å². The van der Waals surface area contributed by atoms with Crippen molar-refractivity contribution < 1.29 is 9.53 Å². The molecule has 0 aliphatic carbocycles. The summed E-state index contributed by atoms with van der Waals surface area (Å²) in [4.78, 5) is 15.9. The van der Waals surface area contributed by atoms with E-state index < -0.39 is 0 Å². The fourth-order valence-corrected chi connectivity index (χ4v) is 2.05. The van der Waals surface area contributed by atoms with E-state index >= 15 is 0 Å². The first-order valence-electron chi connectivity index (χ1n) is 6.54. The second-order valence-electron chi connectivity index (χ2n) is 4.63. The highest BCUT2D eigenvalue weighted by Gasteiger charge is 2.14. The molecule has 1 unspecified atom stereocenters. The highest BCUT2D eigenvalue weighted by atomic mass is 16.5. The summed E-state index contributed by atoms with van der Waals surface area (Å²) in [5, 5.41) is 3.26. The average molecular weight is 270 g/mol. The van der Waals surface area contributed by atoms with E-state index in [2.05, 4.69) is 29.4 Å². The first-order chi connectivity index (χ1) is 9.70. The minimum Gasteiger partial charge on any atom is -0.465 e. The number of benzene rings is 1. The van der Waals surface area contributed by atoms with E-state index in [-0.39, 0.29) is 12.0 Å². The molecule has 2 rings (SSSR count). The van der Waals surface area contributed by atoms with Crippen molar-refractivity contribution in [2.45, 2.75) is 19.4 Å². The molecular formula is C16H18N2O2. The van der Waals surface area contributed by atoms with Crippen LogP contribution in [0.25, 0.3) is 0 Å². The Labute approximate surface area is 118 Å². The number of nitrogens with one attached hydrogen (secondary N) is 1. The van der Waals surface area contributed by atoms with Gasteiger partial charge in [-0.3, -0.25) is 0 Å². The maximum atomic E-state index is 11.7. The van der Waals surface area contributed by atoms with Crippen molar-refractivity contribution in [3.05, 3.63) is 59.8 Å². The van der Waals surface area contributed by atoms with Crippen LogP contribution in [0.5, 0.6) is 0 Å². The number of methoxy groups -OCH3 is 1. The Morgan fingerprint density at radius 2 is 2.00 bits per heavy atom. The van der Waals surface area contributed by atoms with E-state index in [1.807, 2.05) is 18.2 Å². The van der Waals surface area contributed by atoms with E-state index in [0.717, 1.165) is 6.42 Å². The van der Waals surface area contributed by atoms with Crippen LogP contribution in [0, 0.1) is 0 Å². The molecule has 0 radical (unpaired) electrons. The van der Waals surface area contributed by atoms with E-state index in [1.54, 1.807) is 18.3 Å². The van der Waals surface area contributed by atoms with E-state index in [0.29, 0.717) is 11.4 Å². The molecule has 1 heterocycles. The van der Waals surface area contributed by atoms with Crippen LogP contribution in [-0.4, -0.2) is 24.1 Å². The number of hydrogen-bond acceptors (Lipinski definition) is 4. The van der Waals surface area contributed by atoms with Crippen LogP contribution in [0.4, 0.5) is 5.82 Å². The number of aromatic nitrogens is 1. The zero-order valence-corrected chi connectivity index (χ0v) is 11.7. The van der Waals surface area contributed by atoms with Gasteiger partial charge in [-0.2, -0.15) is 0 Å². The van der Waals surface area contributed by atoms with Gasteiger partial charge in [-0.05, 0) is 31.0 Å². The molecule has 104 valence electrons. The zero-order chi connectivity index (χ0) is 14.4. The number of hydrogen-bond donors (Lipinski definition) is 1. The van der Waals surface area contributed by atoms with Crippen LogP contribution >= 0.6 is 0 Å². The minimum absolute atomic E-state index is 0.163. The van der Waals surface area contributed by atoms with E-state index in [4.69, 9.17) is 4.74 Å². The molecule has 2 aromatic rings. The second-order valence-corrected chi connectivity index (χ2v) is 4.63. The van der Waals surface area contributed by atoms with Crippen molar-refractivity contribution in [1.82, 2.24) is 4.98 Å². The second kappa shape index (κ2) is 6.70. The predicted molar refractivity (Wildman–Crippen MR) is 78.8 cm³/mol. The van der Waals surface area contributed by atoms with Crippen molar-refractivity contribution in [2.24, 2.45) is 0 Å². The van der Waals surface area contributed by atoms with Crippen molar-refractivity contribution >= 4 is 11.8 Å². The van der Waals surface area contributed by atoms with Gasteiger partial charge >= 0.3 is 5.97 Å². The Hall–Kier alpha value is -2.36. The van der Waals surface area contributed by atoms with Crippen LogP contribution in [0.1, 0.15) is 22.8 Å². The summed E-state index contributed by atoms with van der Waals surface area (Å²) in [6, 6.07) is 13.8. The van der Waals surface area contributed by atoms with Crippen LogP contribution in [0.2, 0.25) is 0 Å². The van der Waals surface area contributed by atoms with Gasteiger partial charge in [0.2, 0.25) is 0 Å². The Morgan fingerprint density at radius 1 is 1.25 bits per heavy atom. The molecule has 4 nitrogen and oxygen atoms in total. The Morgan fingerprint density at radius 3 is 2.70 bits per heavy atom. The maximum absolute atomic E-state index is 11.7. The lowest BCUT2D eigenvalue weighted by atomic mass is 10.1. The van der Waals surface area contributed by atoms with Gasteiger partial charge in [-0.15, -0.1) is 0 Å². The summed E-state index contributed by atoms with van der Waals surface area (Å²) >= 11 is 0. The molecule has 0 fully saturated rings. The maximum Gasteiger partial charge on any atom is 0.341 e. The first kappa shape index (κ1) is 14.1. The first-order valence-corrected chi connectivity index (χ1v) is 6.54. The molecule has 1 aromatic carbocycles. The number of nitrogens with zero attached hydrogens (tertiary/aromatic N) is 1. The van der Waals surface area contributed by atoms with Gasteiger partial charge in [0.05, 0.1) is 7.11 Å². The van der Waals surface area contributed by atoms with Crippen LogP contribution < -0.4 is 5.32 Å². The molecule has 1 N–H and O–H groups in total. The number of carbonyl (C=O) groups is 1. The highest BCUT2D eigenvalue weighted by Crippen LogP contribution is 2.15. The number of pyridine rings is 1. The number of carbonyl (C=O) groups excluding carboxylic acids is 1. The number of ether oxygens (including phenoxy) is 1. The number of anilines is 1. The fourth-order valence-electron chi connectivity index (χ4n) is 2.05. The topological polar surface area (TPSA) is 51.2 Å². The lowest BCUT2D eigenvalue weighted by Gasteiger charge is -2.16. The van der Waals surface area contributed by atoms with Crippen molar-refractivity contribution in [3.63, 3.8) is 0 Å². The summed E-state index contributed by atoms with van der Waals surface area (Å²) in [6.07, 6.45) is 2.52. The summed E-state index contributed by atoms with van der Waals surface area (Å²) < 4.78 is 4.76. The molecular weight excluding hydrogens is 252 g/mol. The van der Waals surface area contributed by atoms with Gasteiger partial charge in [0.1, 0.15) is 11.4 Å². The molecule has 0 amide bonds. The lowest BCUT2D eigenvalue weighted by molar-refractivity contribution is 0.0601. The molecule has 1 aromatic heterocycles. The van der Waals surface area contributed by atoms with Crippen LogP contribution in [0.3, 0.4) is 0 Å².